The quantitative estimate of drug-likeness (QED) is 0.429. The summed E-state index contributed by atoms with van der Waals surface area (Å²) in [6.45, 7) is 6.34. The molecular weight excluding hydrogens is 306 g/mol. The molecule has 0 bridgehead atoms. The largest absolute Gasteiger partial charge is 0.288 e. The van der Waals surface area contributed by atoms with Gasteiger partial charge in [-0.25, -0.2) is 0 Å². The third kappa shape index (κ3) is 4.09. The van der Waals surface area contributed by atoms with Gasteiger partial charge in [0.2, 0.25) is 5.78 Å². The molecule has 0 atom stereocenters. The van der Waals surface area contributed by atoms with E-state index in [1.807, 2.05) is 24.3 Å². The van der Waals surface area contributed by atoms with Crippen LogP contribution in [0, 0.1) is 11.3 Å². The van der Waals surface area contributed by atoms with Gasteiger partial charge in [-0.2, -0.15) is 5.26 Å². The Bertz CT molecular complexity index is 790. The lowest BCUT2D eigenvalue weighted by molar-refractivity contribution is 0.104. The molecule has 23 heavy (non-hydrogen) atoms. The highest BCUT2D eigenvalue weighted by Gasteiger charge is 2.16. The van der Waals surface area contributed by atoms with Crippen LogP contribution in [0.25, 0.3) is 6.08 Å². The minimum absolute atomic E-state index is 0.0209. The minimum Gasteiger partial charge on any atom is -0.288 e. The average molecular weight is 324 g/mol. The molecule has 0 aliphatic heterocycles. The normalized spacial score (nSPS) is 11.9. The zero-order valence-corrected chi connectivity index (χ0v) is 14.2. The van der Waals surface area contributed by atoms with Crippen LogP contribution in [0.5, 0.6) is 0 Å². The maximum Gasteiger partial charge on any atom is 0.203 e. The fraction of sp³-hybridized carbons (Fsp3) is 0.200. The Balaban J connectivity index is 2.35. The van der Waals surface area contributed by atoms with E-state index >= 15 is 0 Å². The van der Waals surface area contributed by atoms with Gasteiger partial charge in [0.05, 0.1) is 0 Å². The van der Waals surface area contributed by atoms with Crippen LogP contribution in [0.4, 0.5) is 0 Å². The lowest BCUT2D eigenvalue weighted by Crippen LogP contribution is -2.11. The van der Waals surface area contributed by atoms with E-state index in [0.717, 1.165) is 5.56 Å². The molecule has 116 valence electrons. The smallest absolute Gasteiger partial charge is 0.203 e. The third-order valence-electron chi connectivity index (χ3n) is 3.58. The standard InChI is InChI=1S/C20H18ClNO/c1-20(2,3)17-10-8-14(9-11-17)19(23)16(13-22)12-15-6-4-5-7-18(15)21/h4-12H,1-3H3/b16-12+. The Morgan fingerprint density at radius 2 is 1.70 bits per heavy atom. The van der Waals surface area contributed by atoms with E-state index in [4.69, 9.17) is 11.6 Å². The lowest BCUT2D eigenvalue weighted by atomic mass is 9.86. The van der Waals surface area contributed by atoms with Gasteiger partial charge in [-0.1, -0.05) is 74.8 Å². The van der Waals surface area contributed by atoms with Crippen LogP contribution in [-0.2, 0) is 5.41 Å². The van der Waals surface area contributed by atoms with Gasteiger partial charge in [0, 0.05) is 10.6 Å². The van der Waals surface area contributed by atoms with Crippen molar-refractivity contribution in [3.63, 3.8) is 0 Å². The summed E-state index contributed by atoms with van der Waals surface area (Å²) in [4.78, 5) is 12.5. The molecule has 0 unspecified atom stereocenters. The van der Waals surface area contributed by atoms with Crippen molar-refractivity contribution in [2.24, 2.45) is 0 Å². The zero-order chi connectivity index (χ0) is 17.0. The number of ketones is 1. The minimum atomic E-state index is -0.298. The van der Waals surface area contributed by atoms with Gasteiger partial charge in [-0.15, -0.1) is 0 Å². The molecule has 0 amide bonds. The van der Waals surface area contributed by atoms with Crippen molar-refractivity contribution in [2.75, 3.05) is 0 Å². The van der Waals surface area contributed by atoms with Gasteiger partial charge in [0.25, 0.3) is 0 Å². The predicted octanol–water partition coefficient (Wildman–Crippen LogP) is 5.43. The first-order valence-electron chi connectivity index (χ1n) is 7.34. The van der Waals surface area contributed by atoms with Crippen LogP contribution in [0.15, 0.2) is 54.1 Å². The fourth-order valence-electron chi connectivity index (χ4n) is 2.17. The van der Waals surface area contributed by atoms with Crippen LogP contribution in [0.3, 0.4) is 0 Å². The summed E-state index contributed by atoms with van der Waals surface area (Å²) >= 11 is 6.08. The van der Waals surface area contributed by atoms with E-state index < -0.39 is 0 Å². The molecule has 2 aromatic carbocycles. The predicted molar refractivity (Wildman–Crippen MR) is 94.5 cm³/mol. The second kappa shape index (κ2) is 6.81. The first-order valence-corrected chi connectivity index (χ1v) is 7.72. The summed E-state index contributed by atoms with van der Waals surface area (Å²) < 4.78 is 0. The van der Waals surface area contributed by atoms with Gasteiger partial charge in [0.1, 0.15) is 11.6 Å². The molecule has 0 spiro atoms. The summed E-state index contributed by atoms with van der Waals surface area (Å²) in [5, 5.41) is 9.82. The van der Waals surface area contributed by atoms with Crippen molar-refractivity contribution in [3.05, 3.63) is 75.8 Å². The SMILES string of the molecule is CC(C)(C)c1ccc(C(=O)/C(C#N)=C/c2ccccc2Cl)cc1. The number of Topliss-reactive ketones (excluding diaryl/α,β-unsaturated/α-hetero) is 1. The average Bonchev–Trinajstić information content (AvgIpc) is 2.53. The topological polar surface area (TPSA) is 40.9 Å². The molecule has 2 rings (SSSR count). The van der Waals surface area contributed by atoms with E-state index in [1.165, 1.54) is 6.08 Å². The molecular formula is C20H18ClNO. The molecule has 0 heterocycles. The van der Waals surface area contributed by atoms with Gasteiger partial charge >= 0.3 is 0 Å². The molecule has 0 radical (unpaired) electrons. The number of nitriles is 1. The first-order chi connectivity index (χ1) is 10.8. The molecule has 0 saturated carbocycles. The van der Waals surface area contributed by atoms with Gasteiger partial charge in [0.15, 0.2) is 0 Å². The van der Waals surface area contributed by atoms with Crippen molar-refractivity contribution in [1.29, 1.82) is 5.26 Å². The number of benzene rings is 2. The van der Waals surface area contributed by atoms with Crippen LogP contribution in [-0.4, -0.2) is 5.78 Å². The fourth-order valence-corrected chi connectivity index (χ4v) is 2.36. The van der Waals surface area contributed by atoms with Crippen LogP contribution in [0.1, 0.15) is 42.3 Å². The highest BCUT2D eigenvalue weighted by Crippen LogP contribution is 2.24. The summed E-state index contributed by atoms with van der Waals surface area (Å²) in [5.74, 6) is -0.298. The van der Waals surface area contributed by atoms with Crippen LogP contribution in [0.2, 0.25) is 5.02 Å². The van der Waals surface area contributed by atoms with Crippen molar-refractivity contribution >= 4 is 23.5 Å². The molecule has 0 aromatic heterocycles. The van der Waals surface area contributed by atoms with Gasteiger partial charge in [-0.3, -0.25) is 4.79 Å². The summed E-state index contributed by atoms with van der Waals surface area (Å²) in [5.41, 5.74) is 2.39. The monoisotopic (exact) mass is 323 g/mol. The number of hydrogen-bond donors (Lipinski definition) is 0. The Hall–Kier alpha value is -2.37. The maximum atomic E-state index is 12.5. The van der Waals surface area contributed by atoms with E-state index in [0.29, 0.717) is 16.1 Å². The number of carbonyl (C=O) groups excluding carboxylic acids is 1. The summed E-state index contributed by atoms with van der Waals surface area (Å²) in [6.07, 6.45) is 1.53. The van der Waals surface area contributed by atoms with Crippen molar-refractivity contribution < 1.29 is 4.79 Å². The second-order valence-corrected chi connectivity index (χ2v) is 6.76. The molecule has 0 aliphatic carbocycles. The number of halogens is 1. The Labute approximate surface area is 142 Å². The molecule has 0 fully saturated rings. The van der Waals surface area contributed by atoms with Crippen molar-refractivity contribution in [1.82, 2.24) is 0 Å². The molecule has 2 aromatic rings. The molecule has 0 saturated heterocycles. The summed E-state index contributed by atoms with van der Waals surface area (Å²) in [7, 11) is 0. The first kappa shape index (κ1) is 17.0. The molecule has 2 nitrogen and oxygen atoms in total. The van der Waals surface area contributed by atoms with E-state index in [9.17, 15) is 10.1 Å². The summed E-state index contributed by atoms with van der Waals surface area (Å²) in [6, 6.07) is 16.5. The Kier molecular flexibility index (Phi) is 5.03. The van der Waals surface area contributed by atoms with Crippen LogP contribution < -0.4 is 0 Å². The number of carbonyl (C=O) groups is 1. The van der Waals surface area contributed by atoms with Crippen LogP contribution >= 0.6 is 11.6 Å². The molecule has 0 N–H and O–H groups in total. The van der Waals surface area contributed by atoms with E-state index in [-0.39, 0.29) is 16.8 Å². The lowest BCUT2D eigenvalue weighted by Gasteiger charge is -2.18. The Morgan fingerprint density at radius 3 is 2.22 bits per heavy atom. The molecule has 0 aliphatic rings. The number of rotatable bonds is 3. The Morgan fingerprint density at radius 1 is 1.09 bits per heavy atom. The second-order valence-electron chi connectivity index (χ2n) is 6.35. The number of hydrogen-bond acceptors (Lipinski definition) is 2. The number of nitrogens with zero attached hydrogens (tertiary/aromatic N) is 1. The third-order valence-corrected chi connectivity index (χ3v) is 3.93. The van der Waals surface area contributed by atoms with Gasteiger partial charge in [-0.05, 0) is 28.7 Å². The van der Waals surface area contributed by atoms with E-state index in [1.54, 1.807) is 30.3 Å². The highest BCUT2D eigenvalue weighted by atomic mass is 35.5. The highest BCUT2D eigenvalue weighted by molar-refractivity contribution is 6.32. The van der Waals surface area contributed by atoms with Crippen molar-refractivity contribution in [3.8, 4) is 6.07 Å². The maximum absolute atomic E-state index is 12.5. The zero-order valence-electron chi connectivity index (χ0n) is 13.4. The number of allylic oxidation sites excluding steroid dienone is 1. The molecule has 3 heteroatoms. The van der Waals surface area contributed by atoms with Gasteiger partial charge < -0.3 is 0 Å². The van der Waals surface area contributed by atoms with Crippen molar-refractivity contribution in [2.45, 2.75) is 26.2 Å². The van der Waals surface area contributed by atoms with E-state index in [2.05, 4.69) is 20.8 Å².